The fourth-order valence-electron chi connectivity index (χ4n) is 2.78. The van der Waals surface area contributed by atoms with Gasteiger partial charge in [0.2, 0.25) is 0 Å². The van der Waals surface area contributed by atoms with Gasteiger partial charge in [-0.15, -0.1) is 0 Å². The first-order valence-corrected chi connectivity index (χ1v) is 7.19. The predicted octanol–water partition coefficient (Wildman–Crippen LogP) is 0.559. The van der Waals surface area contributed by atoms with Crippen molar-refractivity contribution in [3.63, 3.8) is 0 Å². The first kappa shape index (κ1) is 13.7. The molecule has 0 fully saturated rings. The zero-order valence-electron chi connectivity index (χ0n) is 11.5. The van der Waals surface area contributed by atoms with Crippen LogP contribution >= 0.6 is 0 Å². The van der Waals surface area contributed by atoms with Crippen molar-refractivity contribution in [3.8, 4) is 11.5 Å². The van der Waals surface area contributed by atoms with E-state index in [9.17, 15) is 5.11 Å². The van der Waals surface area contributed by atoms with Crippen molar-refractivity contribution in [2.75, 3.05) is 32.9 Å². The van der Waals surface area contributed by atoms with Crippen molar-refractivity contribution >= 4 is 0 Å². The van der Waals surface area contributed by atoms with Crippen LogP contribution in [0.5, 0.6) is 11.5 Å². The molecule has 0 amide bonds. The van der Waals surface area contributed by atoms with Gasteiger partial charge in [-0.25, -0.2) is 0 Å². The quantitative estimate of drug-likeness (QED) is 0.846. The molecule has 1 aromatic carbocycles. The Kier molecular flexibility index (Phi) is 4.10. The molecule has 0 aliphatic carbocycles. The molecule has 0 spiro atoms. The van der Waals surface area contributed by atoms with Crippen molar-refractivity contribution in [3.05, 3.63) is 23.3 Å². The van der Waals surface area contributed by atoms with Gasteiger partial charge in [0.15, 0.2) is 11.5 Å². The summed E-state index contributed by atoms with van der Waals surface area (Å²) in [7, 11) is 0. The minimum atomic E-state index is -0.669. The number of aliphatic hydroxyl groups excluding tert-OH is 2. The van der Waals surface area contributed by atoms with E-state index in [1.54, 1.807) is 0 Å². The van der Waals surface area contributed by atoms with Gasteiger partial charge < -0.3 is 19.7 Å². The maximum Gasteiger partial charge on any atom is 0.161 e. The second kappa shape index (κ2) is 5.99. The molecule has 1 aromatic rings. The molecule has 0 bridgehead atoms. The van der Waals surface area contributed by atoms with E-state index < -0.39 is 6.10 Å². The molecule has 0 saturated carbocycles. The van der Waals surface area contributed by atoms with Gasteiger partial charge in [-0.2, -0.15) is 0 Å². The Balaban J connectivity index is 1.77. The zero-order chi connectivity index (χ0) is 13.9. The summed E-state index contributed by atoms with van der Waals surface area (Å²) in [6, 6.07) is 4.16. The van der Waals surface area contributed by atoms with E-state index in [1.807, 2.05) is 0 Å². The number of β-amino-alcohol motifs (C(OH)–C–C–N with tert-alkyl or cyclic N) is 1. The highest BCUT2D eigenvalue weighted by Gasteiger charge is 2.22. The van der Waals surface area contributed by atoms with Crippen LogP contribution in [0.15, 0.2) is 12.1 Å². The number of rotatable bonds is 3. The summed E-state index contributed by atoms with van der Waals surface area (Å²) in [4.78, 5) is 2.16. The van der Waals surface area contributed by atoms with E-state index in [1.165, 1.54) is 11.1 Å². The Bertz CT molecular complexity index is 477. The molecule has 2 heterocycles. The standard InChI is InChI=1S/C15H21NO4/c17-10-13(18)9-16-3-2-11-6-14-15(7-12(11)8-16)20-5-1-4-19-14/h6-7,13,17-18H,1-5,8-10H2. The maximum atomic E-state index is 9.55. The summed E-state index contributed by atoms with van der Waals surface area (Å²) >= 11 is 0. The van der Waals surface area contributed by atoms with Gasteiger partial charge in [-0.1, -0.05) is 0 Å². The molecule has 5 nitrogen and oxygen atoms in total. The Morgan fingerprint density at radius 2 is 1.85 bits per heavy atom. The van der Waals surface area contributed by atoms with Crippen molar-refractivity contribution in [1.82, 2.24) is 4.90 Å². The Labute approximate surface area is 118 Å². The topological polar surface area (TPSA) is 62.2 Å². The van der Waals surface area contributed by atoms with Crippen LogP contribution in [0.3, 0.4) is 0 Å². The lowest BCUT2D eigenvalue weighted by Gasteiger charge is -2.30. The van der Waals surface area contributed by atoms with Crippen LogP contribution in [0.2, 0.25) is 0 Å². The van der Waals surface area contributed by atoms with Gasteiger partial charge >= 0.3 is 0 Å². The number of hydrogen-bond donors (Lipinski definition) is 2. The average Bonchev–Trinajstić information content (AvgIpc) is 2.69. The Morgan fingerprint density at radius 3 is 2.55 bits per heavy atom. The van der Waals surface area contributed by atoms with Crippen molar-refractivity contribution in [2.45, 2.75) is 25.5 Å². The Hall–Kier alpha value is -1.30. The summed E-state index contributed by atoms with van der Waals surface area (Å²) in [6.07, 6.45) is 1.18. The Morgan fingerprint density at radius 1 is 1.15 bits per heavy atom. The van der Waals surface area contributed by atoms with E-state index in [0.29, 0.717) is 19.8 Å². The molecule has 0 radical (unpaired) electrons. The molecular weight excluding hydrogens is 258 g/mol. The van der Waals surface area contributed by atoms with Crippen LogP contribution in [-0.4, -0.2) is 54.1 Å². The predicted molar refractivity (Wildman–Crippen MR) is 74.1 cm³/mol. The number of ether oxygens (including phenoxy) is 2. The van der Waals surface area contributed by atoms with Crippen LogP contribution in [0.4, 0.5) is 0 Å². The fraction of sp³-hybridized carbons (Fsp3) is 0.600. The number of aliphatic hydroxyl groups is 2. The lowest BCUT2D eigenvalue weighted by Crippen LogP contribution is -2.37. The van der Waals surface area contributed by atoms with Gasteiger partial charge in [0, 0.05) is 26.1 Å². The maximum absolute atomic E-state index is 9.55. The van der Waals surface area contributed by atoms with Crippen LogP contribution in [0.1, 0.15) is 17.5 Å². The van der Waals surface area contributed by atoms with Gasteiger partial charge in [0.05, 0.1) is 25.9 Å². The molecule has 3 rings (SSSR count). The molecule has 1 unspecified atom stereocenters. The van der Waals surface area contributed by atoms with E-state index >= 15 is 0 Å². The summed E-state index contributed by atoms with van der Waals surface area (Å²) in [5, 5.41) is 18.5. The minimum absolute atomic E-state index is 0.190. The van der Waals surface area contributed by atoms with Gasteiger partial charge in [-0.3, -0.25) is 4.90 Å². The summed E-state index contributed by atoms with van der Waals surface area (Å²) in [6.45, 7) is 3.39. The van der Waals surface area contributed by atoms with Gasteiger partial charge in [-0.05, 0) is 29.7 Å². The van der Waals surface area contributed by atoms with Crippen molar-refractivity contribution in [2.24, 2.45) is 0 Å². The van der Waals surface area contributed by atoms with Crippen molar-refractivity contribution < 1.29 is 19.7 Å². The number of hydrogen-bond acceptors (Lipinski definition) is 5. The number of fused-ring (bicyclic) bond motifs is 2. The van der Waals surface area contributed by atoms with Crippen molar-refractivity contribution in [1.29, 1.82) is 0 Å². The zero-order valence-corrected chi connectivity index (χ0v) is 11.5. The lowest BCUT2D eigenvalue weighted by molar-refractivity contribution is 0.0550. The highest BCUT2D eigenvalue weighted by Crippen LogP contribution is 2.35. The molecule has 1 atom stereocenters. The van der Waals surface area contributed by atoms with Crippen LogP contribution in [-0.2, 0) is 13.0 Å². The second-order valence-corrected chi connectivity index (χ2v) is 5.44. The molecule has 20 heavy (non-hydrogen) atoms. The molecular formula is C15H21NO4. The lowest BCUT2D eigenvalue weighted by atomic mass is 9.98. The van der Waals surface area contributed by atoms with E-state index in [2.05, 4.69) is 17.0 Å². The first-order valence-electron chi connectivity index (χ1n) is 7.19. The molecule has 2 N–H and O–H groups in total. The third-order valence-corrected chi connectivity index (χ3v) is 3.84. The molecule has 5 heteroatoms. The normalized spacial score (nSPS) is 20.1. The number of benzene rings is 1. The highest BCUT2D eigenvalue weighted by molar-refractivity contribution is 5.48. The summed E-state index contributed by atoms with van der Waals surface area (Å²) in [5.74, 6) is 1.68. The minimum Gasteiger partial charge on any atom is -0.490 e. The average molecular weight is 279 g/mol. The highest BCUT2D eigenvalue weighted by atomic mass is 16.5. The summed E-state index contributed by atoms with van der Waals surface area (Å²) in [5.41, 5.74) is 2.52. The van der Waals surface area contributed by atoms with Crippen LogP contribution < -0.4 is 9.47 Å². The third-order valence-electron chi connectivity index (χ3n) is 3.84. The second-order valence-electron chi connectivity index (χ2n) is 5.44. The molecule has 2 aliphatic rings. The number of nitrogens with zero attached hydrogens (tertiary/aromatic N) is 1. The van der Waals surface area contributed by atoms with Gasteiger partial charge in [0.1, 0.15) is 0 Å². The van der Waals surface area contributed by atoms with Crippen LogP contribution in [0.25, 0.3) is 0 Å². The molecule has 2 aliphatic heterocycles. The van der Waals surface area contributed by atoms with Crippen LogP contribution in [0, 0.1) is 0 Å². The molecule has 110 valence electrons. The van der Waals surface area contributed by atoms with E-state index in [4.69, 9.17) is 14.6 Å². The SMILES string of the molecule is OCC(O)CN1CCc2cc3c(cc2C1)OCCCO3. The molecule has 0 aromatic heterocycles. The van der Waals surface area contributed by atoms with E-state index in [-0.39, 0.29) is 6.61 Å². The van der Waals surface area contributed by atoms with E-state index in [0.717, 1.165) is 37.4 Å². The molecule has 0 saturated heterocycles. The first-order chi connectivity index (χ1) is 9.76. The fourth-order valence-corrected chi connectivity index (χ4v) is 2.78. The van der Waals surface area contributed by atoms with Gasteiger partial charge in [0.25, 0.3) is 0 Å². The smallest absolute Gasteiger partial charge is 0.161 e. The third kappa shape index (κ3) is 2.90. The summed E-state index contributed by atoms with van der Waals surface area (Å²) < 4.78 is 11.4. The monoisotopic (exact) mass is 279 g/mol. The largest absolute Gasteiger partial charge is 0.490 e.